The van der Waals surface area contributed by atoms with Gasteiger partial charge < -0.3 is 15.4 Å². The molecule has 0 spiro atoms. The molecule has 1 unspecified atom stereocenters. The van der Waals surface area contributed by atoms with Gasteiger partial charge in [-0.15, -0.1) is 11.3 Å². The first-order valence-corrected chi connectivity index (χ1v) is 11.2. The van der Waals surface area contributed by atoms with Crippen LogP contribution in [0.25, 0.3) is 21.3 Å². The van der Waals surface area contributed by atoms with Crippen LogP contribution in [0.3, 0.4) is 0 Å². The number of nitrogens with zero attached hydrogens (tertiary/aromatic N) is 2. The Hall–Kier alpha value is -3.89. The van der Waals surface area contributed by atoms with Crippen molar-refractivity contribution in [3.05, 3.63) is 76.7 Å². The highest BCUT2D eigenvalue weighted by Crippen LogP contribution is 2.46. The number of carbonyl (C=O) groups excluding carboxylic acids is 1. The Balaban J connectivity index is 1.71. The number of nitriles is 1. The largest absolute Gasteiger partial charge is 0.477 e. The van der Waals surface area contributed by atoms with Crippen molar-refractivity contribution in [2.75, 3.05) is 11.9 Å². The maximum absolute atomic E-state index is 13.0. The molecular formula is C25H20N4O2S. The molecule has 0 aliphatic carbocycles. The zero-order valence-electron chi connectivity index (χ0n) is 17.4. The van der Waals surface area contributed by atoms with Gasteiger partial charge in [-0.3, -0.25) is 4.79 Å². The first-order valence-electron chi connectivity index (χ1n) is 10.4. The molecule has 0 bridgehead atoms. The predicted molar refractivity (Wildman–Crippen MR) is 126 cm³/mol. The van der Waals surface area contributed by atoms with E-state index < -0.39 is 0 Å². The maximum Gasteiger partial charge on any atom is 0.265 e. The Morgan fingerprint density at radius 3 is 2.50 bits per heavy atom. The summed E-state index contributed by atoms with van der Waals surface area (Å²) in [6, 6.07) is 22.0. The quantitative estimate of drug-likeness (QED) is 0.458. The standard InChI is InChI=1S/C25H20N4O2S/c1-2-31-24-17(14-26)19(16-11-7-4-8-12-16)20-21-22(32-25(20)29-24)23(30)28-18(27-21)13-15-9-5-3-6-10-15/h3-12,18,27H,2,13H2,1H3,(H,28,30). The Morgan fingerprint density at radius 2 is 1.81 bits per heavy atom. The molecule has 0 fully saturated rings. The third-order valence-corrected chi connectivity index (χ3v) is 6.46. The second-order valence-corrected chi connectivity index (χ2v) is 8.42. The van der Waals surface area contributed by atoms with E-state index in [9.17, 15) is 10.1 Å². The van der Waals surface area contributed by atoms with Gasteiger partial charge in [-0.25, -0.2) is 4.98 Å². The maximum atomic E-state index is 13.0. The fourth-order valence-corrected chi connectivity index (χ4v) is 5.07. The highest BCUT2D eigenvalue weighted by Gasteiger charge is 2.31. The summed E-state index contributed by atoms with van der Waals surface area (Å²) >= 11 is 1.31. The van der Waals surface area contributed by atoms with Gasteiger partial charge >= 0.3 is 0 Å². The van der Waals surface area contributed by atoms with Crippen LogP contribution < -0.4 is 15.4 Å². The number of pyridine rings is 1. The van der Waals surface area contributed by atoms with Gasteiger partial charge in [0.15, 0.2) is 0 Å². The SMILES string of the molecule is CCOc1nc2sc3c(c2c(-c2ccccc2)c1C#N)NC(Cc1ccccc1)NC3=O. The van der Waals surface area contributed by atoms with Crippen molar-refractivity contribution in [1.82, 2.24) is 10.3 Å². The molecular weight excluding hydrogens is 420 g/mol. The van der Waals surface area contributed by atoms with Crippen molar-refractivity contribution < 1.29 is 9.53 Å². The minimum Gasteiger partial charge on any atom is -0.477 e. The first-order chi connectivity index (χ1) is 15.7. The smallest absolute Gasteiger partial charge is 0.265 e. The molecule has 5 rings (SSSR count). The third kappa shape index (κ3) is 3.45. The van der Waals surface area contributed by atoms with Crippen molar-refractivity contribution in [3.8, 4) is 23.1 Å². The molecule has 1 aliphatic heterocycles. The number of hydrogen-bond donors (Lipinski definition) is 2. The summed E-state index contributed by atoms with van der Waals surface area (Å²) < 4.78 is 5.71. The summed E-state index contributed by atoms with van der Waals surface area (Å²) in [7, 11) is 0. The van der Waals surface area contributed by atoms with Crippen LogP contribution in [-0.4, -0.2) is 23.7 Å². The number of rotatable bonds is 5. The number of hydrogen-bond acceptors (Lipinski definition) is 6. The molecule has 7 heteroatoms. The number of carbonyl (C=O) groups is 1. The number of fused-ring (bicyclic) bond motifs is 3. The Morgan fingerprint density at radius 1 is 1.09 bits per heavy atom. The Kier molecular flexibility index (Phi) is 5.21. The average Bonchev–Trinajstić information content (AvgIpc) is 3.18. The second kappa shape index (κ2) is 8.33. The highest BCUT2D eigenvalue weighted by molar-refractivity contribution is 7.21. The van der Waals surface area contributed by atoms with Crippen LogP contribution in [0, 0.1) is 11.3 Å². The lowest BCUT2D eigenvalue weighted by Gasteiger charge is -2.26. The van der Waals surface area contributed by atoms with E-state index in [2.05, 4.69) is 21.7 Å². The van der Waals surface area contributed by atoms with E-state index in [4.69, 9.17) is 4.74 Å². The Labute approximate surface area is 189 Å². The van der Waals surface area contributed by atoms with Crippen molar-refractivity contribution in [1.29, 1.82) is 5.26 Å². The van der Waals surface area contributed by atoms with E-state index in [0.29, 0.717) is 34.2 Å². The molecule has 2 N–H and O–H groups in total. The van der Waals surface area contributed by atoms with Gasteiger partial charge in [0.2, 0.25) is 5.88 Å². The molecule has 0 saturated carbocycles. The number of nitrogens with one attached hydrogen (secondary N) is 2. The molecule has 0 radical (unpaired) electrons. The summed E-state index contributed by atoms with van der Waals surface area (Å²) in [5.41, 5.74) is 3.83. The van der Waals surface area contributed by atoms with Crippen LogP contribution in [-0.2, 0) is 6.42 Å². The minimum absolute atomic E-state index is 0.141. The second-order valence-electron chi connectivity index (χ2n) is 7.42. The number of benzene rings is 2. The molecule has 1 amide bonds. The van der Waals surface area contributed by atoms with Crippen molar-refractivity contribution >= 4 is 33.1 Å². The topological polar surface area (TPSA) is 87.0 Å². The number of anilines is 1. The van der Waals surface area contributed by atoms with Crippen LogP contribution in [0.2, 0.25) is 0 Å². The van der Waals surface area contributed by atoms with Gasteiger partial charge in [0.25, 0.3) is 5.91 Å². The molecule has 32 heavy (non-hydrogen) atoms. The lowest BCUT2D eigenvalue weighted by atomic mass is 9.97. The lowest BCUT2D eigenvalue weighted by Crippen LogP contribution is -2.45. The molecule has 1 atom stereocenters. The van der Waals surface area contributed by atoms with Crippen LogP contribution in [0.5, 0.6) is 5.88 Å². The molecule has 2 aromatic carbocycles. The zero-order chi connectivity index (χ0) is 22.1. The summed E-state index contributed by atoms with van der Waals surface area (Å²) in [4.78, 5) is 18.9. The Bertz CT molecular complexity index is 1340. The van der Waals surface area contributed by atoms with Crippen LogP contribution in [0.15, 0.2) is 60.7 Å². The lowest BCUT2D eigenvalue weighted by molar-refractivity contribution is 0.0940. The van der Waals surface area contributed by atoms with Crippen LogP contribution in [0.4, 0.5) is 5.69 Å². The highest BCUT2D eigenvalue weighted by atomic mass is 32.1. The number of ether oxygens (including phenoxy) is 1. The average molecular weight is 441 g/mol. The van der Waals surface area contributed by atoms with Gasteiger partial charge in [0, 0.05) is 17.4 Å². The van der Waals surface area contributed by atoms with Crippen molar-refractivity contribution in [2.24, 2.45) is 0 Å². The summed E-state index contributed by atoms with van der Waals surface area (Å²) in [5, 5.41) is 17.3. The van der Waals surface area contributed by atoms with E-state index >= 15 is 0 Å². The van der Waals surface area contributed by atoms with E-state index in [1.165, 1.54) is 11.3 Å². The van der Waals surface area contributed by atoms with Crippen molar-refractivity contribution in [3.63, 3.8) is 0 Å². The number of thiophene rings is 1. The van der Waals surface area contributed by atoms with Crippen molar-refractivity contribution in [2.45, 2.75) is 19.5 Å². The zero-order valence-corrected chi connectivity index (χ0v) is 18.2. The van der Waals surface area contributed by atoms with E-state index in [1.807, 2.05) is 67.6 Å². The molecule has 6 nitrogen and oxygen atoms in total. The predicted octanol–water partition coefficient (Wildman–Crippen LogP) is 4.96. The van der Waals surface area contributed by atoms with Gasteiger partial charge in [-0.05, 0) is 18.1 Å². The molecule has 4 aromatic rings. The van der Waals surface area contributed by atoms with Crippen LogP contribution >= 0.6 is 11.3 Å². The van der Waals surface area contributed by atoms with Gasteiger partial charge in [0.05, 0.1) is 12.3 Å². The fraction of sp³-hybridized carbons (Fsp3) is 0.160. The first kappa shape index (κ1) is 20.0. The van der Waals surface area contributed by atoms with E-state index in [1.54, 1.807) is 0 Å². The van der Waals surface area contributed by atoms with E-state index in [0.717, 1.165) is 27.8 Å². The third-order valence-electron chi connectivity index (χ3n) is 5.37. The number of amides is 1. The van der Waals surface area contributed by atoms with Gasteiger partial charge in [-0.1, -0.05) is 60.7 Å². The van der Waals surface area contributed by atoms with Gasteiger partial charge in [0.1, 0.15) is 27.5 Å². The molecule has 1 aliphatic rings. The normalized spacial score (nSPS) is 14.9. The molecule has 0 saturated heterocycles. The monoisotopic (exact) mass is 440 g/mol. The molecule has 3 heterocycles. The summed E-state index contributed by atoms with van der Waals surface area (Å²) in [6.07, 6.45) is 0.371. The minimum atomic E-state index is -0.268. The molecule has 158 valence electrons. The summed E-state index contributed by atoms with van der Waals surface area (Å²) in [6.45, 7) is 2.25. The van der Waals surface area contributed by atoms with Crippen LogP contribution in [0.1, 0.15) is 27.7 Å². The van der Waals surface area contributed by atoms with E-state index in [-0.39, 0.29) is 12.1 Å². The fourth-order valence-electron chi connectivity index (χ4n) is 4.03. The molecule has 2 aromatic heterocycles. The van der Waals surface area contributed by atoms with Gasteiger partial charge in [-0.2, -0.15) is 5.26 Å². The summed E-state index contributed by atoms with van der Waals surface area (Å²) in [5.74, 6) is 0.152. The number of aromatic nitrogens is 1.